The predicted molar refractivity (Wildman–Crippen MR) is 186 cm³/mol. The highest BCUT2D eigenvalue weighted by atomic mass is 28.3. The summed E-state index contributed by atoms with van der Waals surface area (Å²) >= 11 is 0. The number of carbonyl (C=O) groups is 2. The number of anilines is 2. The smallest absolute Gasteiger partial charge is 0.269 e. The summed E-state index contributed by atoms with van der Waals surface area (Å²) in [6.07, 6.45) is -0.134. The molecule has 4 aromatic rings. The topological polar surface area (TPSA) is 131 Å². The van der Waals surface area contributed by atoms with E-state index in [1.54, 1.807) is 48.4 Å². The summed E-state index contributed by atoms with van der Waals surface area (Å²) in [5.74, 6) is -0.171. The molecule has 0 bridgehead atoms. The van der Waals surface area contributed by atoms with Gasteiger partial charge in [0.1, 0.15) is 5.75 Å². The van der Waals surface area contributed by atoms with E-state index in [-0.39, 0.29) is 42.1 Å². The normalized spacial score (nSPS) is 21.7. The van der Waals surface area contributed by atoms with Gasteiger partial charge in [-0.1, -0.05) is 67.7 Å². The van der Waals surface area contributed by atoms with Crippen molar-refractivity contribution < 1.29 is 29.1 Å². The molecule has 4 aromatic carbocycles. The van der Waals surface area contributed by atoms with E-state index in [9.17, 15) is 24.8 Å². The Balaban J connectivity index is 1.38. The highest BCUT2D eigenvalue weighted by Gasteiger charge is 2.66. The van der Waals surface area contributed by atoms with Crippen molar-refractivity contribution in [2.24, 2.45) is 5.92 Å². The second-order valence-electron chi connectivity index (χ2n) is 13.0. The largest absolute Gasteiger partial charge is 0.497 e. The van der Waals surface area contributed by atoms with Crippen LogP contribution in [0.1, 0.15) is 34.8 Å². The lowest BCUT2D eigenvalue weighted by atomic mass is 9.82. The molecule has 4 atom stereocenters. The van der Waals surface area contributed by atoms with Crippen LogP contribution in [0.15, 0.2) is 97.1 Å². The number of methoxy groups -OCH3 is 1. The molecule has 2 N–H and O–H groups in total. The van der Waals surface area contributed by atoms with E-state index in [1.807, 2.05) is 43.3 Å². The molecule has 11 heteroatoms. The number of nitrogens with zero attached hydrogens (tertiary/aromatic N) is 2. The maximum absolute atomic E-state index is 14.9. The molecular formula is C37H39N3O7Si. The van der Waals surface area contributed by atoms with Gasteiger partial charge in [0.15, 0.2) is 5.60 Å². The highest BCUT2D eigenvalue weighted by Crippen LogP contribution is 2.60. The number of non-ortho nitro benzene ring substituents is 1. The van der Waals surface area contributed by atoms with Gasteiger partial charge in [0.25, 0.3) is 17.5 Å². The fraction of sp³-hybridized carbons (Fsp3) is 0.297. The number of benzene rings is 4. The molecule has 2 amide bonds. The van der Waals surface area contributed by atoms with Crippen LogP contribution >= 0.6 is 0 Å². The van der Waals surface area contributed by atoms with E-state index in [0.717, 1.165) is 16.5 Å². The first-order chi connectivity index (χ1) is 23.0. The van der Waals surface area contributed by atoms with Crippen molar-refractivity contribution in [3.63, 3.8) is 0 Å². The van der Waals surface area contributed by atoms with Crippen molar-refractivity contribution in [3.05, 3.63) is 124 Å². The average Bonchev–Trinajstić information content (AvgIpc) is 3.51. The second-order valence-corrected chi connectivity index (χ2v) is 17.7. The summed E-state index contributed by atoms with van der Waals surface area (Å²) in [6.45, 7) is 6.51. The molecule has 6 rings (SSSR count). The molecule has 2 heterocycles. The minimum Gasteiger partial charge on any atom is -0.497 e. The van der Waals surface area contributed by atoms with Crippen LogP contribution in [-0.4, -0.2) is 49.7 Å². The number of aliphatic hydroxyl groups excluding tert-OH is 1. The van der Waals surface area contributed by atoms with Gasteiger partial charge in [-0.15, -0.1) is 0 Å². The van der Waals surface area contributed by atoms with Crippen LogP contribution in [0.4, 0.5) is 17.1 Å². The first-order valence-electron chi connectivity index (χ1n) is 16.0. The lowest BCUT2D eigenvalue weighted by molar-refractivity contribution is -0.385. The summed E-state index contributed by atoms with van der Waals surface area (Å²) in [5, 5.41) is 26.2. The Morgan fingerprint density at radius 2 is 1.77 bits per heavy atom. The molecule has 0 saturated carbocycles. The molecule has 10 nitrogen and oxygen atoms in total. The SMILES string of the molecule is COc1ccc([Si](C)(C)[C@H]2[C@H](CCO)O[C@@]3(C(=O)N(Cc4cccc(NC(=O)c5ccccc5)c4)c4ccc([N+](=O)[O-])cc43)[C@@H]2C)cc1. The zero-order valence-corrected chi connectivity index (χ0v) is 28.4. The van der Waals surface area contributed by atoms with Crippen LogP contribution < -0.4 is 20.1 Å². The Morgan fingerprint density at radius 1 is 1.04 bits per heavy atom. The van der Waals surface area contributed by atoms with Crippen LogP contribution in [0.25, 0.3) is 0 Å². The van der Waals surface area contributed by atoms with Crippen LogP contribution in [0.3, 0.4) is 0 Å². The summed E-state index contributed by atoms with van der Waals surface area (Å²) in [5.41, 5.74) is 1.15. The molecule has 2 aliphatic rings. The van der Waals surface area contributed by atoms with Gasteiger partial charge in [0.2, 0.25) is 0 Å². The summed E-state index contributed by atoms with van der Waals surface area (Å²) in [4.78, 5) is 40.9. The molecule has 0 aliphatic carbocycles. The predicted octanol–water partition coefficient (Wildman–Crippen LogP) is 6.00. The molecule has 2 aliphatic heterocycles. The van der Waals surface area contributed by atoms with Gasteiger partial charge in [-0.3, -0.25) is 19.7 Å². The maximum atomic E-state index is 14.9. The van der Waals surface area contributed by atoms with Crippen LogP contribution in [0.2, 0.25) is 18.6 Å². The van der Waals surface area contributed by atoms with Crippen molar-refractivity contribution in [1.82, 2.24) is 0 Å². The zero-order valence-electron chi connectivity index (χ0n) is 27.4. The molecule has 1 fully saturated rings. The van der Waals surface area contributed by atoms with Crippen LogP contribution in [0.5, 0.6) is 5.75 Å². The zero-order chi connectivity index (χ0) is 34.2. The van der Waals surface area contributed by atoms with Gasteiger partial charge in [-0.05, 0) is 60.0 Å². The number of rotatable bonds is 10. The number of nitrogens with one attached hydrogen (secondary N) is 1. The fourth-order valence-corrected chi connectivity index (χ4v) is 11.8. The van der Waals surface area contributed by atoms with E-state index >= 15 is 0 Å². The Kier molecular flexibility index (Phi) is 8.95. The molecular weight excluding hydrogens is 627 g/mol. The summed E-state index contributed by atoms with van der Waals surface area (Å²) in [7, 11) is -0.787. The standard InChI is InChI=1S/C37H39N3O7Si/c1-24-34(48(3,4)30-16-14-29(46-2)15-17-30)33(19-20-41)47-37(24)31-22-28(40(44)45)13-18-32(31)39(36(37)43)23-25-9-8-12-27(21-25)38-35(42)26-10-6-5-7-11-26/h5-18,21-22,24,33-34,41H,19-20,23H2,1-4H3,(H,38,42)/t24-,33+,34-,37+/m1/s1. The highest BCUT2D eigenvalue weighted by molar-refractivity contribution is 6.91. The van der Waals surface area contributed by atoms with Gasteiger partial charge in [0.05, 0.1) is 38.4 Å². The maximum Gasteiger partial charge on any atom is 0.269 e. The molecule has 0 aromatic heterocycles. The molecule has 48 heavy (non-hydrogen) atoms. The number of hydrogen-bond donors (Lipinski definition) is 2. The van der Waals surface area contributed by atoms with Crippen molar-refractivity contribution >= 4 is 42.1 Å². The number of amides is 2. The molecule has 1 saturated heterocycles. The van der Waals surface area contributed by atoms with Gasteiger partial charge < -0.3 is 24.8 Å². The van der Waals surface area contributed by atoms with Crippen molar-refractivity contribution in [1.29, 1.82) is 0 Å². The van der Waals surface area contributed by atoms with Gasteiger partial charge >= 0.3 is 0 Å². The third-order valence-corrected chi connectivity index (χ3v) is 14.4. The Bertz CT molecular complexity index is 1850. The van der Waals surface area contributed by atoms with Crippen molar-refractivity contribution in [2.75, 3.05) is 23.9 Å². The van der Waals surface area contributed by atoms with Gasteiger partial charge in [-0.25, -0.2) is 0 Å². The Hall–Kier alpha value is -4.84. The first-order valence-corrected chi connectivity index (χ1v) is 19.1. The number of nitro groups is 1. The van der Waals surface area contributed by atoms with Crippen LogP contribution in [-0.2, 0) is 21.7 Å². The average molecular weight is 666 g/mol. The lowest BCUT2D eigenvalue weighted by Gasteiger charge is -2.37. The van der Waals surface area contributed by atoms with Gasteiger partial charge in [-0.2, -0.15) is 0 Å². The minimum atomic E-state index is -2.41. The quantitative estimate of drug-likeness (QED) is 0.121. The molecule has 0 radical (unpaired) electrons. The van der Waals surface area contributed by atoms with Crippen molar-refractivity contribution in [2.45, 2.75) is 50.2 Å². The van der Waals surface area contributed by atoms with Crippen molar-refractivity contribution in [3.8, 4) is 5.75 Å². The molecule has 248 valence electrons. The number of aliphatic hydroxyl groups is 1. The van der Waals surface area contributed by atoms with E-state index in [4.69, 9.17) is 9.47 Å². The Morgan fingerprint density at radius 3 is 2.44 bits per heavy atom. The first kappa shape index (κ1) is 33.1. The van der Waals surface area contributed by atoms with E-state index in [2.05, 4.69) is 30.5 Å². The van der Waals surface area contributed by atoms with E-state index < -0.39 is 24.7 Å². The molecule has 0 unspecified atom stereocenters. The van der Waals surface area contributed by atoms with Gasteiger partial charge in [0, 0.05) is 41.5 Å². The second kappa shape index (κ2) is 13.0. The summed E-state index contributed by atoms with van der Waals surface area (Å²) < 4.78 is 12.3. The lowest BCUT2D eigenvalue weighted by Crippen LogP contribution is -2.51. The third kappa shape index (κ3) is 5.67. The monoisotopic (exact) mass is 665 g/mol. The number of nitro benzene ring substituents is 1. The molecule has 1 spiro atoms. The van der Waals surface area contributed by atoms with E-state index in [0.29, 0.717) is 28.9 Å². The number of carbonyl (C=O) groups excluding carboxylic acids is 2. The number of fused-ring (bicyclic) bond motifs is 2. The van der Waals surface area contributed by atoms with E-state index in [1.165, 1.54) is 12.1 Å². The minimum absolute atomic E-state index is 0.106. The summed E-state index contributed by atoms with van der Waals surface area (Å²) in [6, 6.07) is 28.7. The Labute approximate surface area is 280 Å². The number of hydrogen-bond acceptors (Lipinski definition) is 7. The fourth-order valence-electron chi connectivity index (χ4n) is 7.69. The number of ether oxygens (including phenoxy) is 2. The van der Waals surface area contributed by atoms with Crippen LogP contribution in [0, 0.1) is 16.0 Å². The third-order valence-electron chi connectivity index (χ3n) is 10.0.